The van der Waals surface area contributed by atoms with Crippen LogP contribution in [0.1, 0.15) is 25.3 Å². The van der Waals surface area contributed by atoms with Crippen LogP contribution in [0.3, 0.4) is 0 Å². The number of aryl methyl sites for hydroxylation is 1. The van der Waals surface area contributed by atoms with Crippen molar-refractivity contribution in [2.45, 2.75) is 32.3 Å². The lowest BCUT2D eigenvalue weighted by molar-refractivity contribution is 0.160. The van der Waals surface area contributed by atoms with Crippen molar-refractivity contribution in [1.82, 2.24) is 4.98 Å². The van der Waals surface area contributed by atoms with E-state index in [4.69, 9.17) is 4.74 Å². The van der Waals surface area contributed by atoms with Gasteiger partial charge in [0, 0.05) is 18.0 Å². The number of aliphatic hydroxyl groups is 1. The molecule has 0 saturated carbocycles. The van der Waals surface area contributed by atoms with Gasteiger partial charge in [-0.2, -0.15) is 0 Å². The van der Waals surface area contributed by atoms with Gasteiger partial charge in [-0.25, -0.2) is 0 Å². The SMILES string of the molecule is CCC(O)CCc1cnccc1Oc1ccc(-c2ccccc2)cc1. The molecule has 0 spiro atoms. The van der Waals surface area contributed by atoms with Crippen molar-refractivity contribution in [3.63, 3.8) is 0 Å². The second-order valence-electron chi connectivity index (χ2n) is 6.08. The Bertz CT molecular complexity index is 785. The van der Waals surface area contributed by atoms with E-state index in [0.717, 1.165) is 35.5 Å². The maximum absolute atomic E-state index is 9.78. The number of benzene rings is 2. The van der Waals surface area contributed by atoms with Crippen molar-refractivity contribution in [3.8, 4) is 22.6 Å². The standard InChI is InChI=1S/C22H23NO2/c1-2-20(24)11-8-19-16-23-15-14-22(19)25-21-12-9-18(10-13-21)17-6-4-3-5-7-17/h3-7,9-10,12-16,20,24H,2,8,11H2,1H3. The van der Waals surface area contributed by atoms with E-state index in [1.54, 1.807) is 6.20 Å². The highest BCUT2D eigenvalue weighted by Crippen LogP contribution is 2.28. The number of aliphatic hydroxyl groups excluding tert-OH is 1. The Balaban J connectivity index is 1.72. The van der Waals surface area contributed by atoms with Crippen LogP contribution in [0.25, 0.3) is 11.1 Å². The quantitative estimate of drug-likeness (QED) is 0.642. The van der Waals surface area contributed by atoms with Crippen LogP contribution in [0.5, 0.6) is 11.5 Å². The second-order valence-corrected chi connectivity index (χ2v) is 6.08. The van der Waals surface area contributed by atoms with Crippen molar-refractivity contribution in [1.29, 1.82) is 0 Å². The molecule has 3 rings (SSSR count). The molecule has 0 fully saturated rings. The zero-order valence-electron chi connectivity index (χ0n) is 14.4. The average molecular weight is 333 g/mol. The van der Waals surface area contributed by atoms with E-state index in [9.17, 15) is 5.11 Å². The minimum absolute atomic E-state index is 0.279. The third-order valence-electron chi connectivity index (χ3n) is 4.27. The van der Waals surface area contributed by atoms with Crippen molar-refractivity contribution in [2.24, 2.45) is 0 Å². The molecule has 3 aromatic rings. The maximum Gasteiger partial charge on any atom is 0.133 e. The molecule has 0 amide bonds. The fourth-order valence-corrected chi connectivity index (χ4v) is 2.70. The first kappa shape index (κ1) is 17.2. The first-order valence-corrected chi connectivity index (χ1v) is 8.70. The van der Waals surface area contributed by atoms with E-state index < -0.39 is 0 Å². The number of pyridine rings is 1. The summed E-state index contributed by atoms with van der Waals surface area (Å²) in [5, 5.41) is 9.78. The van der Waals surface area contributed by atoms with Gasteiger partial charge in [0.25, 0.3) is 0 Å². The van der Waals surface area contributed by atoms with Crippen molar-refractivity contribution in [3.05, 3.63) is 78.6 Å². The Hall–Kier alpha value is -2.65. The molecule has 0 saturated heterocycles. The average Bonchev–Trinajstić information content (AvgIpc) is 2.68. The number of nitrogens with zero attached hydrogens (tertiary/aromatic N) is 1. The van der Waals surface area contributed by atoms with Crippen LogP contribution in [0.15, 0.2) is 73.1 Å². The normalized spacial score (nSPS) is 11.9. The van der Waals surface area contributed by atoms with E-state index in [1.165, 1.54) is 5.56 Å². The molecule has 0 radical (unpaired) electrons. The minimum atomic E-state index is -0.279. The fraction of sp³-hybridized carbons (Fsp3) is 0.227. The van der Waals surface area contributed by atoms with Crippen molar-refractivity contribution in [2.75, 3.05) is 0 Å². The summed E-state index contributed by atoms with van der Waals surface area (Å²) in [6.07, 6.45) is 5.49. The zero-order valence-corrected chi connectivity index (χ0v) is 14.4. The topological polar surface area (TPSA) is 42.4 Å². The Kier molecular flexibility index (Phi) is 5.81. The van der Waals surface area contributed by atoms with Gasteiger partial charge >= 0.3 is 0 Å². The van der Waals surface area contributed by atoms with Gasteiger partial charge in [0.15, 0.2) is 0 Å². The number of rotatable bonds is 7. The van der Waals surface area contributed by atoms with Gasteiger partial charge in [-0.3, -0.25) is 4.98 Å². The molecule has 1 N–H and O–H groups in total. The largest absolute Gasteiger partial charge is 0.457 e. The van der Waals surface area contributed by atoms with Gasteiger partial charge in [0.1, 0.15) is 11.5 Å². The van der Waals surface area contributed by atoms with Crippen molar-refractivity contribution >= 4 is 0 Å². The summed E-state index contributed by atoms with van der Waals surface area (Å²) >= 11 is 0. The Morgan fingerprint density at radius 2 is 1.68 bits per heavy atom. The summed E-state index contributed by atoms with van der Waals surface area (Å²) in [6, 6.07) is 20.2. The molecular weight excluding hydrogens is 310 g/mol. The molecule has 3 nitrogen and oxygen atoms in total. The molecule has 1 unspecified atom stereocenters. The van der Waals surface area contributed by atoms with Crippen LogP contribution in [0.2, 0.25) is 0 Å². The smallest absolute Gasteiger partial charge is 0.133 e. The van der Waals surface area contributed by atoms with Crippen LogP contribution in [-0.4, -0.2) is 16.2 Å². The highest BCUT2D eigenvalue weighted by atomic mass is 16.5. The van der Waals surface area contributed by atoms with Gasteiger partial charge in [-0.15, -0.1) is 0 Å². The molecule has 25 heavy (non-hydrogen) atoms. The molecule has 2 aromatic carbocycles. The van der Waals surface area contributed by atoms with Crippen molar-refractivity contribution < 1.29 is 9.84 Å². The first-order chi connectivity index (χ1) is 12.3. The molecule has 1 heterocycles. The van der Waals surface area contributed by atoms with E-state index in [-0.39, 0.29) is 6.10 Å². The summed E-state index contributed by atoms with van der Waals surface area (Å²) in [7, 11) is 0. The van der Waals surface area contributed by atoms with Crippen LogP contribution in [-0.2, 0) is 6.42 Å². The lowest BCUT2D eigenvalue weighted by atomic mass is 10.1. The molecule has 128 valence electrons. The van der Waals surface area contributed by atoms with Crippen LogP contribution < -0.4 is 4.74 Å². The molecule has 0 aliphatic rings. The fourth-order valence-electron chi connectivity index (χ4n) is 2.70. The number of hydrogen-bond acceptors (Lipinski definition) is 3. The summed E-state index contributed by atoms with van der Waals surface area (Å²) in [5.41, 5.74) is 3.36. The molecule has 3 heteroatoms. The van der Waals surface area contributed by atoms with E-state index >= 15 is 0 Å². The lowest BCUT2D eigenvalue weighted by Gasteiger charge is -2.12. The van der Waals surface area contributed by atoms with Gasteiger partial charge in [0.05, 0.1) is 6.10 Å². The summed E-state index contributed by atoms with van der Waals surface area (Å²) in [5.74, 6) is 1.59. The van der Waals surface area contributed by atoms with Crippen LogP contribution >= 0.6 is 0 Å². The number of hydrogen-bond donors (Lipinski definition) is 1. The molecular formula is C22H23NO2. The molecule has 0 aliphatic carbocycles. The predicted octanol–water partition coefficient (Wildman–Crippen LogP) is 5.24. The van der Waals surface area contributed by atoms with Gasteiger partial charge in [-0.1, -0.05) is 49.4 Å². The maximum atomic E-state index is 9.78. The molecule has 0 aliphatic heterocycles. The Morgan fingerprint density at radius 3 is 2.40 bits per heavy atom. The summed E-state index contributed by atoms with van der Waals surface area (Å²) in [6.45, 7) is 1.99. The summed E-state index contributed by atoms with van der Waals surface area (Å²) < 4.78 is 6.04. The van der Waals surface area contributed by atoms with E-state index in [0.29, 0.717) is 6.42 Å². The van der Waals surface area contributed by atoms with E-state index in [2.05, 4.69) is 29.2 Å². The number of ether oxygens (including phenoxy) is 1. The van der Waals surface area contributed by atoms with Gasteiger partial charge in [-0.05, 0) is 48.6 Å². The monoisotopic (exact) mass is 333 g/mol. The molecule has 0 bridgehead atoms. The van der Waals surface area contributed by atoms with Crippen LogP contribution in [0.4, 0.5) is 0 Å². The van der Waals surface area contributed by atoms with E-state index in [1.807, 2.05) is 49.5 Å². The highest BCUT2D eigenvalue weighted by Gasteiger charge is 2.08. The third-order valence-corrected chi connectivity index (χ3v) is 4.27. The predicted molar refractivity (Wildman–Crippen MR) is 101 cm³/mol. The molecule has 1 atom stereocenters. The Labute approximate surface area is 148 Å². The Morgan fingerprint density at radius 1 is 0.960 bits per heavy atom. The second kappa shape index (κ2) is 8.45. The van der Waals surface area contributed by atoms with Gasteiger partial charge < -0.3 is 9.84 Å². The van der Waals surface area contributed by atoms with Gasteiger partial charge in [0.2, 0.25) is 0 Å². The highest BCUT2D eigenvalue weighted by molar-refractivity contribution is 5.64. The minimum Gasteiger partial charge on any atom is -0.457 e. The first-order valence-electron chi connectivity index (χ1n) is 8.70. The zero-order chi connectivity index (χ0) is 17.5. The summed E-state index contributed by atoms with van der Waals surface area (Å²) in [4.78, 5) is 4.18. The van der Waals surface area contributed by atoms with Crippen LogP contribution in [0, 0.1) is 0 Å². The third kappa shape index (κ3) is 4.68. The lowest BCUT2D eigenvalue weighted by Crippen LogP contribution is -2.06. The molecule has 1 aromatic heterocycles. The number of aromatic nitrogens is 1.